The number of carboxylic acid groups (broad SMARTS) is 1. The molecule has 0 aliphatic carbocycles. The Labute approximate surface area is 238 Å². The highest BCUT2D eigenvalue weighted by Crippen LogP contribution is 2.12. The number of rotatable bonds is 9. The molecule has 0 saturated carbocycles. The topological polar surface area (TPSA) is 167 Å². The molecule has 2 rings (SSSR count). The van der Waals surface area contributed by atoms with Gasteiger partial charge in [-0.2, -0.15) is 11.8 Å². The standard InChI is InChI=1S/C15H23N3O3S.C12H16N2O4/c1-15(2,3)21-14(20)18-17-12-7-5-6-11(10-12)13(19)16-8-9-22-4;1-12(2,3)18-11(17)14-13-9-6-4-5-8(7-9)10(15)16/h5-7,10,17H,8-9H2,1-4H3,(H,16,19)(H,18,20);4-7,13H,1-3H3,(H,14,17)(H,15,16). The Kier molecular flexibility index (Phi) is 13.6. The Balaban J connectivity index is 0.000000408. The minimum absolute atomic E-state index is 0.131. The smallest absolute Gasteiger partial charge is 0.426 e. The van der Waals surface area contributed by atoms with E-state index in [-0.39, 0.29) is 11.5 Å². The van der Waals surface area contributed by atoms with Gasteiger partial charge in [-0.1, -0.05) is 12.1 Å². The maximum absolute atomic E-state index is 11.9. The summed E-state index contributed by atoms with van der Waals surface area (Å²) >= 11 is 1.67. The molecule has 0 aliphatic heterocycles. The van der Waals surface area contributed by atoms with Crippen LogP contribution in [0.2, 0.25) is 0 Å². The number of aromatic carboxylic acids is 1. The monoisotopic (exact) mass is 577 g/mol. The molecular weight excluding hydrogens is 538 g/mol. The SMILES string of the molecule is CC(C)(C)OC(=O)NNc1cccc(C(=O)O)c1.CSCCNC(=O)c1cccc(NNC(=O)OC(C)(C)C)c1. The highest BCUT2D eigenvalue weighted by atomic mass is 32.2. The summed E-state index contributed by atoms with van der Waals surface area (Å²) in [5.41, 5.74) is 10.6. The summed E-state index contributed by atoms with van der Waals surface area (Å²) in [4.78, 5) is 45.6. The summed E-state index contributed by atoms with van der Waals surface area (Å²) in [5.74, 6) is -0.310. The number of hydrogen-bond donors (Lipinski definition) is 6. The van der Waals surface area contributed by atoms with E-state index < -0.39 is 29.4 Å². The van der Waals surface area contributed by atoms with Crippen LogP contribution in [0.15, 0.2) is 48.5 Å². The van der Waals surface area contributed by atoms with E-state index in [1.54, 1.807) is 89.7 Å². The van der Waals surface area contributed by atoms with Crippen LogP contribution in [-0.4, -0.2) is 58.9 Å². The highest BCUT2D eigenvalue weighted by Gasteiger charge is 2.17. The number of anilines is 2. The van der Waals surface area contributed by atoms with Gasteiger partial charge < -0.3 is 19.9 Å². The molecular formula is C27H39N5O7S. The number of nitrogens with one attached hydrogen (secondary N) is 5. The van der Waals surface area contributed by atoms with Gasteiger partial charge in [-0.15, -0.1) is 0 Å². The van der Waals surface area contributed by atoms with Crippen molar-refractivity contribution in [1.29, 1.82) is 0 Å². The first kappa shape index (κ1) is 33.9. The zero-order valence-electron chi connectivity index (χ0n) is 23.8. The van der Waals surface area contributed by atoms with E-state index in [0.717, 1.165) is 5.75 Å². The van der Waals surface area contributed by atoms with E-state index in [1.807, 2.05) is 6.26 Å². The van der Waals surface area contributed by atoms with Crippen LogP contribution in [0.25, 0.3) is 0 Å². The molecule has 3 amide bonds. The lowest BCUT2D eigenvalue weighted by Gasteiger charge is -2.20. The van der Waals surface area contributed by atoms with Crippen molar-refractivity contribution in [3.63, 3.8) is 0 Å². The van der Waals surface area contributed by atoms with Gasteiger partial charge in [-0.3, -0.25) is 15.6 Å². The summed E-state index contributed by atoms with van der Waals surface area (Å²) in [6.07, 6.45) is 0.768. The van der Waals surface area contributed by atoms with Crippen molar-refractivity contribution >= 4 is 47.2 Å². The number of hydrazine groups is 2. The minimum atomic E-state index is -1.03. The van der Waals surface area contributed by atoms with Crippen LogP contribution in [0.4, 0.5) is 21.0 Å². The molecule has 0 bridgehead atoms. The van der Waals surface area contributed by atoms with Crippen LogP contribution in [0.5, 0.6) is 0 Å². The van der Waals surface area contributed by atoms with E-state index in [1.165, 1.54) is 12.1 Å². The van der Waals surface area contributed by atoms with Crippen molar-refractivity contribution in [2.24, 2.45) is 0 Å². The fraction of sp³-hybridized carbons (Fsp3) is 0.407. The fourth-order valence-electron chi connectivity index (χ4n) is 2.69. The summed E-state index contributed by atoms with van der Waals surface area (Å²) in [6, 6.07) is 12.9. The van der Waals surface area contributed by atoms with Crippen molar-refractivity contribution in [2.45, 2.75) is 52.7 Å². The van der Waals surface area contributed by atoms with Crippen LogP contribution >= 0.6 is 11.8 Å². The average Bonchev–Trinajstić information content (AvgIpc) is 2.85. The van der Waals surface area contributed by atoms with Crippen LogP contribution in [0.3, 0.4) is 0 Å². The first-order valence-corrected chi connectivity index (χ1v) is 13.7. The van der Waals surface area contributed by atoms with Gasteiger partial charge in [0.15, 0.2) is 0 Å². The number of thioether (sulfide) groups is 1. The Morgan fingerprint density at radius 2 is 1.23 bits per heavy atom. The maximum atomic E-state index is 11.9. The molecule has 0 fully saturated rings. The summed E-state index contributed by atoms with van der Waals surface area (Å²) < 4.78 is 10.1. The van der Waals surface area contributed by atoms with Crippen molar-refractivity contribution < 1.29 is 33.8 Å². The first-order chi connectivity index (χ1) is 18.6. The predicted octanol–water partition coefficient (Wildman–Crippen LogP) is 4.87. The third kappa shape index (κ3) is 15.3. The lowest BCUT2D eigenvalue weighted by atomic mass is 10.2. The van der Waals surface area contributed by atoms with Crippen molar-refractivity contribution in [2.75, 3.05) is 29.4 Å². The Morgan fingerprint density at radius 1 is 0.775 bits per heavy atom. The predicted molar refractivity (Wildman–Crippen MR) is 157 cm³/mol. The fourth-order valence-corrected chi connectivity index (χ4v) is 3.00. The molecule has 2 aromatic rings. The molecule has 220 valence electrons. The molecule has 13 heteroatoms. The molecule has 0 aromatic heterocycles. The summed E-state index contributed by atoms with van der Waals surface area (Å²) in [7, 11) is 0. The van der Waals surface area contributed by atoms with Gasteiger partial charge in [0, 0.05) is 17.9 Å². The number of carbonyl (C=O) groups is 4. The number of hydrogen-bond acceptors (Lipinski definition) is 9. The molecule has 12 nitrogen and oxygen atoms in total. The molecule has 2 aromatic carbocycles. The second kappa shape index (κ2) is 16.1. The molecule has 0 heterocycles. The van der Waals surface area contributed by atoms with Gasteiger partial charge >= 0.3 is 18.2 Å². The third-order valence-electron chi connectivity index (χ3n) is 4.24. The Bertz CT molecular complexity index is 1150. The van der Waals surface area contributed by atoms with E-state index in [2.05, 4.69) is 27.0 Å². The molecule has 40 heavy (non-hydrogen) atoms. The van der Waals surface area contributed by atoms with Crippen molar-refractivity contribution in [1.82, 2.24) is 16.2 Å². The first-order valence-electron chi connectivity index (χ1n) is 12.3. The van der Waals surface area contributed by atoms with Crippen LogP contribution in [0.1, 0.15) is 62.3 Å². The zero-order valence-corrected chi connectivity index (χ0v) is 24.7. The second-order valence-electron chi connectivity index (χ2n) is 10.2. The van der Waals surface area contributed by atoms with E-state index >= 15 is 0 Å². The van der Waals surface area contributed by atoms with Gasteiger partial charge in [0.25, 0.3) is 5.91 Å². The highest BCUT2D eigenvalue weighted by molar-refractivity contribution is 7.98. The average molecular weight is 578 g/mol. The van der Waals surface area contributed by atoms with Crippen LogP contribution in [-0.2, 0) is 9.47 Å². The van der Waals surface area contributed by atoms with E-state index in [0.29, 0.717) is 23.5 Å². The third-order valence-corrected chi connectivity index (χ3v) is 4.85. The normalized spacial score (nSPS) is 10.7. The van der Waals surface area contributed by atoms with Gasteiger partial charge in [0.1, 0.15) is 11.2 Å². The van der Waals surface area contributed by atoms with E-state index in [9.17, 15) is 19.2 Å². The number of benzene rings is 2. The molecule has 0 spiro atoms. The van der Waals surface area contributed by atoms with Crippen LogP contribution < -0.4 is 27.0 Å². The maximum Gasteiger partial charge on any atom is 0.426 e. The number of ether oxygens (including phenoxy) is 2. The number of carbonyl (C=O) groups excluding carboxylic acids is 3. The lowest BCUT2D eigenvalue weighted by molar-refractivity contribution is 0.0529. The van der Waals surface area contributed by atoms with Crippen molar-refractivity contribution in [3.8, 4) is 0 Å². The molecule has 0 atom stereocenters. The molecule has 0 aliphatic rings. The largest absolute Gasteiger partial charge is 0.478 e. The van der Waals surface area contributed by atoms with Gasteiger partial charge in [0.2, 0.25) is 0 Å². The molecule has 0 unspecified atom stereocenters. The molecule has 0 radical (unpaired) electrons. The number of amides is 3. The Morgan fingerprint density at radius 3 is 1.65 bits per heavy atom. The van der Waals surface area contributed by atoms with Gasteiger partial charge in [-0.25, -0.2) is 25.2 Å². The zero-order chi connectivity index (χ0) is 30.3. The Hall–Kier alpha value is -4.13. The number of carboxylic acids is 1. The molecule has 6 N–H and O–H groups in total. The summed E-state index contributed by atoms with van der Waals surface area (Å²) in [6.45, 7) is 11.2. The van der Waals surface area contributed by atoms with Crippen LogP contribution in [0, 0.1) is 0 Å². The molecule has 0 saturated heterocycles. The van der Waals surface area contributed by atoms with Crippen molar-refractivity contribution in [3.05, 3.63) is 59.7 Å². The van der Waals surface area contributed by atoms with Gasteiger partial charge in [0.05, 0.1) is 16.9 Å². The quantitative estimate of drug-likeness (QED) is 0.179. The van der Waals surface area contributed by atoms with E-state index in [4.69, 9.17) is 14.6 Å². The summed E-state index contributed by atoms with van der Waals surface area (Å²) in [5, 5.41) is 11.6. The van der Waals surface area contributed by atoms with Gasteiger partial charge in [-0.05, 0) is 84.2 Å². The minimum Gasteiger partial charge on any atom is -0.478 e. The lowest BCUT2D eigenvalue weighted by Crippen LogP contribution is -2.35. The second-order valence-corrected chi connectivity index (χ2v) is 11.2.